The van der Waals surface area contributed by atoms with E-state index in [4.69, 9.17) is 10.5 Å². The zero-order valence-electron chi connectivity index (χ0n) is 9.50. The van der Waals surface area contributed by atoms with Gasteiger partial charge in [-0.2, -0.15) is 0 Å². The van der Waals surface area contributed by atoms with E-state index in [2.05, 4.69) is 5.32 Å². The lowest BCUT2D eigenvalue weighted by Crippen LogP contribution is -2.38. The number of carbonyl (C=O) groups excluding carboxylic acids is 1. The average Bonchev–Trinajstić information content (AvgIpc) is 2.29. The van der Waals surface area contributed by atoms with Crippen molar-refractivity contribution in [2.45, 2.75) is 26.2 Å². The maximum absolute atomic E-state index is 11.6. The Labute approximate surface area is 91.5 Å². The lowest BCUT2D eigenvalue weighted by atomic mass is 9.99. The quantitative estimate of drug-likeness (QED) is 0.701. The molecule has 1 unspecified atom stereocenters. The molecule has 0 aromatic rings. The monoisotopic (exact) mass is 214 g/mol. The van der Waals surface area contributed by atoms with Crippen LogP contribution in [0.2, 0.25) is 0 Å². The van der Waals surface area contributed by atoms with E-state index in [1.54, 1.807) is 0 Å². The van der Waals surface area contributed by atoms with E-state index >= 15 is 0 Å². The van der Waals surface area contributed by atoms with Crippen LogP contribution < -0.4 is 11.1 Å². The minimum absolute atomic E-state index is 0.0233. The summed E-state index contributed by atoms with van der Waals surface area (Å²) in [5.74, 6) is 0.661. The van der Waals surface area contributed by atoms with Gasteiger partial charge in [-0.15, -0.1) is 0 Å². The fourth-order valence-electron chi connectivity index (χ4n) is 1.80. The van der Waals surface area contributed by atoms with Crippen LogP contribution in [-0.4, -0.2) is 32.2 Å². The molecule has 1 fully saturated rings. The highest BCUT2D eigenvalue weighted by Gasteiger charge is 2.18. The van der Waals surface area contributed by atoms with E-state index in [0.717, 1.165) is 39.0 Å². The number of hydrogen-bond donors (Lipinski definition) is 2. The molecule has 4 nitrogen and oxygen atoms in total. The molecule has 1 saturated heterocycles. The van der Waals surface area contributed by atoms with Gasteiger partial charge in [0.25, 0.3) is 0 Å². The molecule has 0 bridgehead atoms. The minimum Gasteiger partial charge on any atom is -0.381 e. The van der Waals surface area contributed by atoms with E-state index in [0.29, 0.717) is 12.5 Å². The van der Waals surface area contributed by atoms with Crippen molar-refractivity contribution in [3.05, 3.63) is 0 Å². The minimum atomic E-state index is -0.0233. The topological polar surface area (TPSA) is 64.4 Å². The second kappa shape index (κ2) is 6.80. The van der Waals surface area contributed by atoms with Crippen LogP contribution in [0.5, 0.6) is 0 Å². The SMILES string of the molecule is CCC(CN)C(=O)NCC1CCOCC1. The largest absolute Gasteiger partial charge is 0.381 e. The van der Waals surface area contributed by atoms with E-state index in [9.17, 15) is 4.79 Å². The van der Waals surface area contributed by atoms with Gasteiger partial charge in [-0.05, 0) is 25.2 Å². The summed E-state index contributed by atoms with van der Waals surface area (Å²) in [5.41, 5.74) is 5.51. The van der Waals surface area contributed by atoms with Crippen molar-refractivity contribution in [1.29, 1.82) is 0 Å². The summed E-state index contributed by atoms with van der Waals surface area (Å²) >= 11 is 0. The van der Waals surface area contributed by atoms with Crippen LogP contribution in [0.4, 0.5) is 0 Å². The molecule has 0 radical (unpaired) electrons. The maximum atomic E-state index is 11.6. The van der Waals surface area contributed by atoms with Gasteiger partial charge in [-0.1, -0.05) is 6.92 Å². The van der Waals surface area contributed by atoms with Crippen molar-refractivity contribution in [2.75, 3.05) is 26.3 Å². The summed E-state index contributed by atoms with van der Waals surface area (Å²) in [7, 11) is 0. The van der Waals surface area contributed by atoms with Gasteiger partial charge in [-0.25, -0.2) is 0 Å². The maximum Gasteiger partial charge on any atom is 0.224 e. The fourth-order valence-corrected chi connectivity index (χ4v) is 1.80. The summed E-state index contributed by atoms with van der Waals surface area (Å²) in [6, 6.07) is 0. The number of nitrogens with one attached hydrogen (secondary N) is 1. The Bertz CT molecular complexity index is 187. The summed E-state index contributed by atoms with van der Waals surface area (Å²) in [5, 5.41) is 2.98. The lowest BCUT2D eigenvalue weighted by Gasteiger charge is -2.23. The summed E-state index contributed by atoms with van der Waals surface area (Å²) in [6.45, 7) is 4.86. The van der Waals surface area contributed by atoms with Gasteiger partial charge in [0.2, 0.25) is 5.91 Å². The molecule has 1 aliphatic heterocycles. The molecule has 1 aliphatic rings. The van der Waals surface area contributed by atoms with Crippen molar-refractivity contribution in [2.24, 2.45) is 17.6 Å². The number of nitrogens with two attached hydrogens (primary N) is 1. The van der Waals surface area contributed by atoms with Gasteiger partial charge < -0.3 is 15.8 Å². The van der Waals surface area contributed by atoms with Gasteiger partial charge >= 0.3 is 0 Å². The second-order valence-corrected chi connectivity index (χ2v) is 4.14. The van der Waals surface area contributed by atoms with Crippen LogP contribution in [0.1, 0.15) is 26.2 Å². The molecule has 1 atom stereocenters. The number of hydrogen-bond acceptors (Lipinski definition) is 3. The van der Waals surface area contributed by atoms with Crippen LogP contribution in [0.25, 0.3) is 0 Å². The Hall–Kier alpha value is -0.610. The van der Waals surface area contributed by atoms with Crippen LogP contribution >= 0.6 is 0 Å². The van der Waals surface area contributed by atoms with E-state index in [1.165, 1.54) is 0 Å². The van der Waals surface area contributed by atoms with E-state index < -0.39 is 0 Å². The van der Waals surface area contributed by atoms with Gasteiger partial charge in [0.1, 0.15) is 0 Å². The molecular weight excluding hydrogens is 192 g/mol. The zero-order valence-corrected chi connectivity index (χ0v) is 9.50. The third-order valence-electron chi connectivity index (χ3n) is 3.05. The van der Waals surface area contributed by atoms with Crippen LogP contribution in [0, 0.1) is 11.8 Å². The van der Waals surface area contributed by atoms with Gasteiger partial charge in [0, 0.05) is 32.2 Å². The van der Waals surface area contributed by atoms with Gasteiger partial charge in [0.05, 0.1) is 0 Å². The molecule has 4 heteroatoms. The average molecular weight is 214 g/mol. The molecule has 1 rings (SSSR count). The Morgan fingerprint density at radius 1 is 1.53 bits per heavy atom. The van der Waals surface area contributed by atoms with Crippen molar-refractivity contribution in [3.8, 4) is 0 Å². The molecule has 0 saturated carbocycles. The Morgan fingerprint density at radius 3 is 2.73 bits per heavy atom. The number of rotatable bonds is 5. The molecule has 0 aromatic carbocycles. The molecule has 0 aliphatic carbocycles. The summed E-state index contributed by atoms with van der Waals surface area (Å²) in [4.78, 5) is 11.6. The van der Waals surface area contributed by atoms with Gasteiger partial charge in [0.15, 0.2) is 0 Å². The Morgan fingerprint density at radius 2 is 2.20 bits per heavy atom. The number of ether oxygens (including phenoxy) is 1. The Balaban J connectivity index is 2.20. The molecule has 1 heterocycles. The second-order valence-electron chi connectivity index (χ2n) is 4.14. The molecule has 15 heavy (non-hydrogen) atoms. The highest BCUT2D eigenvalue weighted by molar-refractivity contribution is 5.78. The van der Waals surface area contributed by atoms with Crippen molar-refractivity contribution in [1.82, 2.24) is 5.32 Å². The predicted molar refractivity (Wildman–Crippen MR) is 59.4 cm³/mol. The smallest absolute Gasteiger partial charge is 0.224 e. The first-order chi connectivity index (χ1) is 7.27. The summed E-state index contributed by atoms with van der Waals surface area (Å²) < 4.78 is 5.26. The fraction of sp³-hybridized carbons (Fsp3) is 0.909. The number of amides is 1. The molecule has 88 valence electrons. The van der Waals surface area contributed by atoms with Crippen molar-refractivity contribution >= 4 is 5.91 Å². The number of carbonyl (C=O) groups is 1. The standard InChI is InChI=1S/C11H22N2O2/c1-2-10(7-12)11(14)13-8-9-3-5-15-6-4-9/h9-10H,2-8,12H2,1H3,(H,13,14). The normalized spacial score (nSPS) is 19.9. The van der Waals surface area contributed by atoms with E-state index in [1.807, 2.05) is 6.92 Å². The molecule has 0 spiro atoms. The third-order valence-corrected chi connectivity index (χ3v) is 3.05. The zero-order chi connectivity index (χ0) is 11.1. The Kier molecular flexibility index (Phi) is 5.65. The molecular formula is C11H22N2O2. The molecule has 0 aromatic heterocycles. The highest BCUT2D eigenvalue weighted by Crippen LogP contribution is 2.13. The van der Waals surface area contributed by atoms with Crippen LogP contribution in [0.15, 0.2) is 0 Å². The lowest BCUT2D eigenvalue weighted by molar-refractivity contribution is -0.125. The molecule has 3 N–H and O–H groups in total. The first-order valence-corrected chi connectivity index (χ1v) is 5.83. The van der Waals surface area contributed by atoms with Crippen LogP contribution in [-0.2, 0) is 9.53 Å². The first kappa shape index (κ1) is 12.5. The predicted octanol–water partition coefficient (Wildman–Crippen LogP) is 0.514. The van der Waals surface area contributed by atoms with Gasteiger partial charge in [-0.3, -0.25) is 4.79 Å². The highest BCUT2D eigenvalue weighted by atomic mass is 16.5. The third kappa shape index (κ3) is 4.18. The van der Waals surface area contributed by atoms with Crippen LogP contribution in [0.3, 0.4) is 0 Å². The molecule has 1 amide bonds. The van der Waals surface area contributed by atoms with Crippen molar-refractivity contribution in [3.63, 3.8) is 0 Å². The summed E-state index contributed by atoms with van der Waals surface area (Å²) in [6.07, 6.45) is 2.93. The van der Waals surface area contributed by atoms with E-state index in [-0.39, 0.29) is 11.8 Å². The first-order valence-electron chi connectivity index (χ1n) is 5.83. The van der Waals surface area contributed by atoms with Crippen molar-refractivity contribution < 1.29 is 9.53 Å².